The molecule has 0 spiro atoms. The number of amides is 1. The predicted molar refractivity (Wildman–Crippen MR) is 124 cm³/mol. The Morgan fingerprint density at radius 1 is 1.30 bits per heavy atom. The van der Waals surface area contributed by atoms with Gasteiger partial charge in [-0.1, -0.05) is 12.1 Å². The van der Waals surface area contributed by atoms with E-state index >= 15 is 0 Å². The summed E-state index contributed by atoms with van der Waals surface area (Å²) in [5.41, 5.74) is 2.13. The molecule has 0 aliphatic carbocycles. The smallest absolute Gasteiger partial charge is 0.338 e. The van der Waals surface area contributed by atoms with Crippen LogP contribution in [0.15, 0.2) is 35.5 Å². The van der Waals surface area contributed by atoms with Gasteiger partial charge in [0.2, 0.25) is 5.91 Å². The summed E-state index contributed by atoms with van der Waals surface area (Å²) in [6.45, 7) is 11.7. The number of benzene rings is 1. The highest BCUT2D eigenvalue weighted by molar-refractivity contribution is 7.80. The Morgan fingerprint density at radius 2 is 1.90 bits per heavy atom. The quantitative estimate of drug-likeness (QED) is 0.364. The van der Waals surface area contributed by atoms with Gasteiger partial charge in [0.15, 0.2) is 5.11 Å². The number of hydrogen-bond donors (Lipinski definition) is 2. The van der Waals surface area contributed by atoms with Crippen molar-refractivity contribution in [1.29, 1.82) is 0 Å². The monoisotopic (exact) mass is 451 g/mol. The molecule has 164 valence electrons. The number of nitrogens with zero attached hydrogens (tertiary/aromatic N) is 1. The van der Waals surface area contributed by atoms with E-state index in [4.69, 9.17) is 28.6 Å². The third-order valence-corrected chi connectivity index (χ3v) is 5.93. The lowest BCUT2D eigenvalue weighted by molar-refractivity contribution is -0.143. The molecule has 0 saturated heterocycles. The molecule has 1 aliphatic rings. The third kappa shape index (κ3) is 5.32. The molecule has 0 saturated carbocycles. The molecule has 0 unspecified atom stereocenters. The van der Waals surface area contributed by atoms with Crippen molar-refractivity contribution in [1.82, 2.24) is 10.2 Å². The van der Waals surface area contributed by atoms with E-state index in [-0.39, 0.29) is 23.9 Å². The molecular weight excluding hydrogens is 422 g/mol. The lowest BCUT2D eigenvalue weighted by Gasteiger charge is -2.37. The highest BCUT2D eigenvalue weighted by Crippen LogP contribution is 2.32. The number of alkyl halides is 1. The minimum Gasteiger partial charge on any atom is -0.459 e. The number of nitrogens with one attached hydrogen (secondary N) is 2. The highest BCUT2D eigenvalue weighted by Gasteiger charge is 2.34. The predicted octanol–water partition coefficient (Wildman–Crippen LogP) is 4.37. The van der Waals surface area contributed by atoms with E-state index in [1.165, 1.54) is 0 Å². The molecule has 1 aromatic rings. The molecule has 1 aromatic carbocycles. The van der Waals surface area contributed by atoms with Crippen molar-refractivity contribution >= 4 is 46.5 Å². The van der Waals surface area contributed by atoms with Gasteiger partial charge in [-0.05, 0) is 71.5 Å². The fraction of sp³-hybridized carbons (Fsp3) is 0.500. The van der Waals surface area contributed by atoms with Crippen molar-refractivity contribution in [3.8, 4) is 0 Å². The molecule has 1 amide bonds. The van der Waals surface area contributed by atoms with Crippen LogP contribution in [0.2, 0.25) is 0 Å². The number of esters is 1. The molecule has 2 rings (SSSR count). The van der Waals surface area contributed by atoms with Crippen LogP contribution in [0.3, 0.4) is 0 Å². The van der Waals surface area contributed by atoms with E-state index in [0.717, 1.165) is 11.3 Å². The molecule has 1 heterocycles. The lowest BCUT2D eigenvalue weighted by atomic mass is 9.94. The number of hydrogen-bond acceptors (Lipinski definition) is 4. The van der Waals surface area contributed by atoms with Crippen molar-refractivity contribution in [2.75, 3.05) is 17.7 Å². The number of ether oxygens (including phenoxy) is 1. The Kier molecular flexibility index (Phi) is 7.88. The van der Waals surface area contributed by atoms with Crippen LogP contribution in [-0.2, 0) is 14.3 Å². The molecule has 2 N–H and O–H groups in total. The first-order chi connectivity index (χ1) is 14.0. The summed E-state index contributed by atoms with van der Waals surface area (Å²) in [7, 11) is 0. The summed E-state index contributed by atoms with van der Waals surface area (Å²) < 4.78 is 5.49. The average Bonchev–Trinajstić information content (AvgIpc) is 2.67. The summed E-state index contributed by atoms with van der Waals surface area (Å²) in [4.78, 5) is 27.1. The van der Waals surface area contributed by atoms with Crippen LogP contribution in [-0.4, -0.2) is 40.4 Å². The number of halogens is 1. The van der Waals surface area contributed by atoms with Crippen molar-refractivity contribution in [3.05, 3.63) is 41.1 Å². The number of carbonyl (C=O) groups excluding carboxylic acids is 2. The van der Waals surface area contributed by atoms with Gasteiger partial charge in [-0.3, -0.25) is 4.79 Å². The zero-order chi connectivity index (χ0) is 22.6. The number of thiocarbonyl (C=S) groups is 1. The topological polar surface area (TPSA) is 70.7 Å². The molecule has 0 radical (unpaired) electrons. The van der Waals surface area contributed by atoms with Gasteiger partial charge in [0, 0.05) is 23.8 Å². The highest BCUT2D eigenvalue weighted by atomic mass is 35.5. The van der Waals surface area contributed by atoms with E-state index in [1.807, 2.05) is 44.7 Å². The average molecular weight is 452 g/mol. The molecule has 6 nitrogen and oxygen atoms in total. The van der Waals surface area contributed by atoms with Gasteiger partial charge in [0.25, 0.3) is 0 Å². The van der Waals surface area contributed by atoms with Gasteiger partial charge in [-0.25, -0.2) is 4.79 Å². The molecule has 1 atom stereocenters. The second-order valence-electron chi connectivity index (χ2n) is 8.17. The lowest BCUT2D eigenvalue weighted by Crippen LogP contribution is -2.47. The summed E-state index contributed by atoms with van der Waals surface area (Å²) >= 11 is 11.4. The van der Waals surface area contributed by atoms with Gasteiger partial charge < -0.3 is 20.3 Å². The van der Waals surface area contributed by atoms with Crippen molar-refractivity contribution < 1.29 is 14.3 Å². The van der Waals surface area contributed by atoms with Crippen LogP contribution < -0.4 is 10.6 Å². The minimum absolute atomic E-state index is 0.155. The molecule has 0 fully saturated rings. The van der Waals surface area contributed by atoms with Crippen LogP contribution in [0.1, 0.15) is 53.1 Å². The first-order valence-electron chi connectivity index (χ1n) is 9.99. The molecule has 0 aromatic heterocycles. The number of anilines is 1. The largest absolute Gasteiger partial charge is 0.459 e. The van der Waals surface area contributed by atoms with E-state index in [0.29, 0.717) is 22.9 Å². The third-order valence-electron chi connectivity index (χ3n) is 4.93. The molecule has 1 aliphatic heterocycles. The van der Waals surface area contributed by atoms with Gasteiger partial charge in [0.05, 0.1) is 23.1 Å². The van der Waals surface area contributed by atoms with Gasteiger partial charge in [0.1, 0.15) is 0 Å². The summed E-state index contributed by atoms with van der Waals surface area (Å²) in [6.07, 6.45) is -0.231. The Hall–Kier alpha value is -2.12. The van der Waals surface area contributed by atoms with Crippen LogP contribution in [0.5, 0.6) is 0 Å². The standard InChI is InChI=1S/C22H30ClN3O3S/c1-7-26-14(4)17(19(27)29-13(2)3)18(25-21(26)30)15-8-10-16(11-9-15)24-20(28)22(5,6)12-23/h8-11,13,18H,7,12H2,1-6H3,(H,24,28)(H,25,30)/t18-/m0/s1. The fourth-order valence-corrected chi connectivity index (χ4v) is 3.58. The summed E-state index contributed by atoms with van der Waals surface area (Å²) in [5.74, 6) is -0.306. The maximum absolute atomic E-state index is 12.9. The van der Waals surface area contributed by atoms with Gasteiger partial charge in [-0.15, -0.1) is 11.6 Å². The summed E-state index contributed by atoms with van der Waals surface area (Å²) in [6, 6.07) is 6.89. The van der Waals surface area contributed by atoms with Crippen LogP contribution in [0.25, 0.3) is 0 Å². The first-order valence-corrected chi connectivity index (χ1v) is 10.9. The summed E-state index contributed by atoms with van der Waals surface area (Å²) in [5, 5.41) is 6.69. The van der Waals surface area contributed by atoms with Crippen LogP contribution in [0, 0.1) is 5.41 Å². The van der Waals surface area contributed by atoms with Crippen LogP contribution in [0.4, 0.5) is 5.69 Å². The minimum atomic E-state index is -0.672. The molecule has 8 heteroatoms. The van der Waals surface area contributed by atoms with Crippen molar-refractivity contribution in [3.63, 3.8) is 0 Å². The van der Waals surface area contributed by atoms with Crippen molar-refractivity contribution in [2.45, 2.75) is 53.7 Å². The van der Waals surface area contributed by atoms with Gasteiger partial charge in [-0.2, -0.15) is 0 Å². The number of carbonyl (C=O) groups is 2. The van der Waals surface area contributed by atoms with E-state index in [9.17, 15) is 9.59 Å². The van der Waals surface area contributed by atoms with Gasteiger partial charge >= 0.3 is 5.97 Å². The number of rotatable bonds is 7. The van der Waals surface area contributed by atoms with E-state index in [2.05, 4.69) is 10.6 Å². The van der Waals surface area contributed by atoms with Crippen LogP contribution >= 0.6 is 23.8 Å². The SMILES string of the molecule is CCN1C(=S)N[C@@H](c2ccc(NC(=O)C(C)(C)CCl)cc2)C(C(=O)OC(C)C)=C1C. The zero-order valence-corrected chi connectivity index (χ0v) is 19.9. The van der Waals surface area contributed by atoms with Crippen molar-refractivity contribution in [2.24, 2.45) is 5.41 Å². The second kappa shape index (κ2) is 9.79. The maximum atomic E-state index is 12.9. The second-order valence-corrected chi connectivity index (χ2v) is 8.83. The Balaban J connectivity index is 2.35. The maximum Gasteiger partial charge on any atom is 0.338 e. The molecule has 0 bridgehead atoms. The Morgan fingerprint density at radius 3 is 2.40 bits per heavy atom. The zero-order valence-electron chi connectivity index (χ0n) is 18.3. The molecular formula is C22H30ClN3O3S. The fourth-order valence-electron chi connectivity index (χ4n) is 3.07. The Labute approximate surface area is 189 Å². The first kappa shape index (κ1) is 24.2. The Bertz CT molecular complexity index is 850. The van der Waals surface area contributed by atoms with E-state index in [1.54, 1.807) is 26.0 Å². The number of allylic oxidation sites excluding steroid dienone is 1. The normalized spacial score (nSPS) is 17.1. The molecule has 30 heavy (non-hydrogen) atoms. The van der Waals surface area contributed by atoms with E-state index < -0.39 is 11.5 Å².